The van der Waals surface area contributed by atoms with Crippen molar-refractivity contribution in [2.75, 3.05) is 11.9 Å². The Morgan fingerprint density at radius 3 is 2.29 bits per heavy atom. The second-order valence-electron chi connectivity index (χ2n) is 6.64. The summed E-state index contributed by atoms with van der Waals surface area (Å²) in [5.41, 5.74) is 1.33. The van der Waals surface area contributed by atoms with Gasteiger partial charge < -0.3 is 15.1 Å². The molecule has 9 heteroatoms. The fourth-order valence-corrected chi connectivity index (χ4v) is 3.19. The number of carbonyl (C=O) groups excluding carboxylic acids is 3. The van der Waals surface area contributed by atoms with Crippen LogP contribution in [0.5, 0.6) is 0 Å². The van der Waals surface area contributed by atoms with Gasteiger partial charge in [0.05, 0.1) is 0 Å². The molecular weight excluding hydrogens is 441 g/mol. The maximum atomic E-state index is 12.6. The second kappa shape index (κ2) is 8.67. The molecule has 0 atom stereocenters. The summed E-state index contributed by atoms with van der Waals surface area (Å²) in [5.74, 6) is -0.184. The summed E-state index contributed by atoms with van der Waals surface area (Å²) in [6, 6.07) is 16.3. The molecule has 1 aliphatic rings. The molecule has 2 heterocycles. The highest BCUT2D eigenvalue weighted by Gasteiger charge is 2.35. The molecule has 2 N–H and O–H groups in total. The third kappa shape index (κ3) is 4.79. The van der Waals surface area contributed by atoms with Gasteiger partial charge in [0.15, 0.2) is 0 Å². The normalized spacial score (nSPS) is 14.8. The van der Waals surface area contributed by atoms with Crippen LogP contribution < -0.4 is 10.6 Å². The van der Waals surface area contributed by atoms with Crippen LogP contribution in [0.2, 0.25) is 10.0 Å². The number of nitrogens with zero attached hydrogens (tertiary/aromatic N) is 1. The summed E-state index contributed by atoms with van der Waals surface area (Å²) < 4.78 is 5.73. The van der Waals surface area contributed by atoms with Crippen LogP contribution in [0, 0.1) is 0 Å². The van der Waals surface area contributed by atoms with Crippen molar-refractivity contribution in [2.24, 2.45) is 0 Å². The third-order valence-corrected chi connectivity index (χ3v) is 4.94. The summed E-state index contributed by atoms with van der Waals surface area (Å²) in [4.78, 5) is 37.8. The minimum atomic E-state index is -0.688. The van der Waals surface area contributed by atoms with Gasteiger partial charge in [-0.1, -0.05) is 23.2 Å². The Bertz CT molecular complexity index is 1180. The molecule has 4 amide bonds. The van der Waals surface area contributed by atoms with E-state index in [-0.39, 0.29) is 5.70 Å². The van der Waals surface area contributed by atoms with Gasteiger partial charge in [0.25, 0.3) is 5.91 Å². The second-order valence-corrected chi connectivity index (χ2v) is 7.52. The van der Waals surface area contributed by atoms with E-state index in [0.29, 0.717) is 27.3 Å². The number of hydrogen-bond donors (Lipinski definition) is 2. The fourth-order valence-electron chi connectivity index (χ4n) is 2.93. The molecule has 1 aromatic heterocycles. The summed E-state index contributed by atoms with van der Waals surface area (Å²) in [6.45, 7) is -0.432. The Morgan fingerprint density at radius 1 is 0.968 bits per heavy atom. The zero-order chi connectivity index (χ0) is 22.0. The molecule has 4 rings (SSSR count). The van der Waals surface area contributed by atoms with Crippen molar-refractivity contribution in [1.29, 1.82) is 0 Å². The number of nitrogens with one attached hydrogen (secondary N) is 2. The van der Waals surface area contributed by atoms with Crippen molar-refractivity contribution < 1.29 is 18.8 Å². The molecule has 0 saturated carbocycles. The molecule has 1 saturated heterocycles. The van der Waals surface area contributed by atoms with Crippen molar-refractivity contribution in [3.8, 4) is 11.3 Å². The molecule has 2 aromatic carbocycles. The highest BCUT2D eigenvalue weighted by Crippen LogP contribution is 2.25. The molecule has 156 valence electrons. The van der Waals surface area contributed by atoms with Crippen molar-refractivity contribution in [3.63, 3.8) is 0 Å². The van der Waals surface area contributed by atoms with Gasteiger partial charge in [-0.3, -0.25) is 9.59 Å². The van der Waals surface area contributed by atoms with E-state index in [4.69, 9.17) is 27.6 Å². The van der Waals surface area contributed by atoms with Crippen LogP contribution in [0.4, 0.5) is 10.5 Å². The van der Waals surface area contributed by atoms with Crippen LogP contribution in [-0.4, -0.2) is 29.3 Å². The zero-order valence-corrected chi connectivity index (χ0v) is 17.4. The molecule has 0 bridgehead atoms. The first-order valence-corrected chi connectivity index (χ1v) is 9.90. The number of benzene rings is 2. The Hall–Kier alpha value is -3.55. The predicted molar refractivity (Wildman–Crippen MR) is 117 cm³/mol. The number of anilines is 1. The SMILES string of the molecule is O=C(CN1C(=O)N/C(=C\c2ccc(-c3ccc(Cl)cc3)o2)C1=O)Nc1ccc(Cl)cc1. The van der Waals surface area contributed by atoms with Crippen molar-refractivity contribution in [1.82, 2.24) is 10.2 Å². The molecule has 0 spiro atoms. The van der Waals surface area contributed by atoms with Crippen molar-refractivity contribution in [3.05, 3.63) is 82.2 Å². The number of furan rings is 1. The number of urea groups is 1. The van der Waals surface area contributed by atoms with Crippen LogP contribution in [-0.2, 0) is 9.59 Å². The Morgan fingerprint density at radius 2 is 1.61 bits per heavy atom. The number of imide groups is 1. The van der Waals surface area contributed by atoms with Crippen LogP contribution in [0.25, 0.3) is 17.4 Å². The van der Waals surface area contributed by atoms with E-state index < -0.39 is 24.4 Å². The standard InChI is InChI=1S/C22H15Cl2N3O4/c23-14-3-1-13(2-4-14)19-10-9-17(31-19)11-18-21(29)27(22(30)26-18)12-20(28)25-16-7-5-15(24)6-8-16/h1-11H,12H2,(H,25,28)(H,26,30)/b18-11-. The van der Waals surface area contributed by atoms with Crippen molar-refractivity contribution in [2.45, 2.75) is 0 Å². The Kier molecular flexibility index (Phi) is 5.79. The lowest BCUT2D eigenvalue weighted by molar-refractivity contribution is -0.127. The van der Waals surface area contributed by atoms with Gasteiger partial charge in [0, 0.05) is 27.4 Å². The summed E-state index contributed by atoms with van der Waals surface area (Å²) in [6.07, 6.45) is 1.41. The molecule has 7 nitrogen and oxygen atoms in total. The highest BCUT2D eigenvalue weighted by atomic mass is 35.5. The van der Waals surface area contributed by atoms with Gasteiger partial charge >= 0.3 is 6.03 Å². The maximum absolute atomic E-state index is 12.6. The monoisotopic (exact) mass is 455 g/mol. The van der Waals surface area contributed by atoms with E-state index in [2.05, 4.69) is 10.6 Å². The third-order valence-electron chi connectivity index (χ3n) is 4.43. The van der Waals surface area contributed by atoms with Gasteiger partial charge in [-0.05, 0) is 60.7 Å². The van der Waals surface area contributed by atoms with Gasteiger partial charge in [-0.25, -0.2) is 9.69 Å². The first kappa shape index (κ1) is 20.7. The van der Waals surface area contributed by atoms with Crippen molar-refractivity contribution >= 4 is 52.8 Å². The van der Waals surface area contributed by atoms with Crippen LogP contribution in [0.15, 0.2) is 70.8 Å². The molecular formula is C22H15Cl2N3O4. The number of carbonyl (C=O) groups is 3. The average molecular weight is 456 g/mol. The minimum Gasteiger partial charge on any atom is -0.457 e. The quantitative estimate of drug-likeness (QED) is 0.427. The van der Waals surface area contributed by atoms with Gasteiger partial charge in [-0.15, -0.1) is 0 Å². The number of amides is 4. The van der Waals surface area contributed by atoms with E-state index in [1.807, 2.05) is 12.1 Å². The smallest absolute Gasteiger partial charge is 0.329 e. The average Bonchev–Trinajstić information content (AvgIpc) is 3.31. The van der Waals surface area contributed by atoms with Gasteiger partial charge in [-0.2, -0.15) is 0 Å². The van der Waals surface area contributed by atoms with Crippen LogP contribution in [0.3, 0.4) is 0 Å². The van der Waals surface area contributed by atoms with E-state index in [9.17, 15) is 14.4 Å². The van der Waals surface area contributed by atoms with Gasteiger partial charge in [0.2, 0.25) is 5.91 Å². The van der Waals surface area contributed by atoms with E-state index in [0.717, 1.165) is 10.5 Å². The summed E-state index contributed by atoms with van der Waals surface area (Å²) in [7, 11) is 0. The number of rotatable bonds is 5. The summed E-state index contributed by atoms with van der Waals surface area (Å²) in [5, 5.41) is 6.20. The van der Waals surface area contributed by atoms with Crippen LogP contribution in [0.1, 0.15) is 5.76 Å². The minimum absolute atomic E-state index is 0.0151. The number of halogens is 2. The largest absolute Gasteiger partial charge is 0.457 e. The van der Waals surface area contributed by atoms with Crippen LogP contribution >= 0.6 is 23.2 Å². The maximum Gasteiger partial charge on any atom is 0.329 e. The Labute approximate surface area is 187 Å². The topological polar surface area (TPSA) is 91.7 Å². The predicted octanol–water partition coefficient (Wildman–Crippen LogP) is 4.78. The first-order valence-electron chi connectivity index (χ1n) is 9.15. The van der Waals surface area contributed by atoms with E-state index >= 15 is 0 Å². The molecule has 31 heavy (non-hydrogen) atoms. The summed E-state index contributed by atoms with van der Waals surface area (Å²) >= 11 is 11.7. The fraction of sp³-hybridized carbons (Fsp3) is 0.0455. The number of hydrogen-bond acceptors (Lipinski definition) is 4. The molecule has 0 unspecified atom stereocenters. The molecule has 0 aliphatic carbocycles. The first-order chi connectivity index (χ1) is 14.9. The molecule has 1 fully saturated rings. The zero-order valence-electron chi connectivity index (χ0n) is 15.9. The lowest BCUT2D eigenvalue weighted by Gasteiger charge is -2.11. The molecule has 1 aliphatic heterocycles. The molecule has 0 radical (unpaired) electrons. The van der Waals surface area contributed by atoms with Gasteiger partial charge in [0.1, 0.15) is 23.8 Å². The van der Waals surface area contributed by atoms with E-state index in [1.54, 1.807) is 48.5 Å². The highest BCUT2D eigenvalue weighted by molar-refractivity contribution is 6.31. The lowest BCUT2D eigenvalue weighted by atomic mass is 10.2. The molecule has 3 aromatic rings. The lowest BCUT2D eigenvalue weighted by Crippen LogP contribution is -2.38. The van der Waals surface area contributed by atoms with E-state index in [1.165, 1.54) is 6.08 Å². The Balaban J connectivity index is 1.44.